The van der Waals surface area contributed by atoms with Crippen molar-refractivity contribution in [3.05, 3.63) is 28.8 Å². The molecule has 1 N–H and O–H groups in total. The van der Waals surface area contributed by atoms with Crippen LogP contribution in [0.25, 0.3) is 0 Å². The van der Waals surface area contributed by atoms with Gasteiger partial charge in [-0.1, -0.05) is 11.6 Å². The zero-order valence-corrected chi connectivity index (χ0v) is 14.4. The second kappa shape index (κ2) is 7.42. The van der Waals surface area contributed by atoms with Gasteiger partial charge in [0.25, 0.3) is 0 Å². The molecule has 0 radical (unpaired) electrons. The first kappa shape index (κ1) is 17.9. The summed E-state index contributed by atoms with van der Waals surface area (Å²) in [5.74, 6) is -0.527. The van der Waals surface area contributed by atoms with Gasteiger partial charge in [-0.3, -0.25) is 9.59 Å². The van der Waals surface area contributed by atoms with Crippen LogP contribution in [0.3, 0.4) is 0 Å². The number of sulfonamides is 1. The Morgan fingerprint density at radius 1 is 1.22 bits per heavy atom. The molecule has 1 heterocycles. The summed E-state index contributed by atoms with van der Waals surface area (Å²) in [5, 5.41) is 2.54. The van der Waals surface area contributed by atoms with E-state index in [9.17, 15) is 18.0 Å². The number of hydrogen-bond donors (Lipinski definition) is 1. The average Bonchev–Trinajstić information content (AvgIpc) is 3.07. The summed E-state index contributed by atoms with van der Waals surface area (Å²) in [5.41, 5.74) is 0.246. The summed E-state index contributed by atoms with van der Waals surface area (Å²) in [7, 11) is -2.20. The second-order valence-corrected chi connectivity index (χ2v) is 7.67. The molecule has 23 heavy (non-hydrogen) atoms. The van der Waals surface area contributed by atoms with Gasteiger partial charge in [0, 0.05) is 38.5 Å². The molecule has 0 atom stereocenters. The lowest BCUT2D eigenvalue weighted by atomic mass is 10.1. The molecule has 0 bridgehead atoms. The molecule has 0 aliphatic carbocycles. The van der Waals surface area contributed by atoms with Gasteiger partial charge in [0.15, 0.2) is 5.78 Å². The Morgan fingerprint density at radius 3 is 2.48 bits per heavy atom. The van der Waals surface area contributed by atoms with Crippen LogP contribution in [-0.2, 0) is 14.8 Å². The first-order valence-electron chi connectivity index (χ1n) is 7.39. The molecule has 1 amide bonds. The highest BCUT2D eigenvalue weighted by Gasteiger charge is 2.29. The molecule has 1 fully saturated rings. The standard InChI is InChI=1S/C15H19ClN2O4S/c1-17-15(20)7-6-13(19)11-4-5-12(16)14(10-11)23(21,22)18-8-2-3-9-18/h4-5,10H,2-3,6-9H2,1H3,(H,17,20). The summed E-state index contributed by atoms with van der Waals surface area (Å²) in [4.78, 5) is 23.3. The molecule has 8 heteroatoms. The molecular formula is C15H19ClN2O4S. The molecule has 126 valence electrons. The molecule has 0 spiro atoms. The predicted molar refractivity (Wildman–Crippen MR) is 87.1 cm³/mol. The van der Waals surface area contributed by atoms with Crippen molar-refractivity contribution in [1.29, 1.82) is 0 Å². The van der Waals surface area contributed by atoms with Crippen LogP contribution in [0.1, 0.15) is 36.0 Å². The number of nitrogens with one attached hydrogen (secondary N) is 1. The van der Waals surface area contributed by atoms with Crippen molar-refractivity contribution in [1.82, 2.24) is 9.62 Å². The van der Waals surface area contributed by atoms with Crippen molar-refractivity contribution in [2.24, 2.45) is 0 Å². The fourth-order valence-electron chi connectivity index (χ4n) is 2.44. The molecule has 1 aliphatic heterocycles. The molecule has 1 aliphatic rings. The first-order chi connectivity index (χ1) is 10.9. The third-order valence-corrected chi connectivity index (χ3v) is 6.17. The largest absolute Gasteiger partial charge is 0.359 e. The van der Waals surface area contributed by atoms with E-state index >= 15 is 0 Å². The van der Waals surface area contributed by atoms with Crippen LogP contribution < -0.4 is 5.32 Å². The van der Waals surface area contributed by atoms with Crippen LogP contribution in [0.5, 0.6) is 0 Å². The predicted octanol–water partition coefficient (Wildman–Crippen LogP) is 1.83. The number of rotatable bonds is 6. The fourth-order valence-corrected chi connectivity index (χ4v) is 4.46. The maximum absolute atomic E-state index is 12.6. The maximum atomic E-state index is 12.6. The Bertz CT molecular complexity index is 712. The van der Waals surface area contributed by atoms with Gasteiger partial charge in [-0.05, 0) is 31.0 Å². The van der Waals surface area contributed by atoms with E-state index in [-0.39, 0.29) is 40.0 Å². The van der Waals surface area contributed by atoms with Gasteiger partial charge < -0.3 is 5.32 Å². The van der Waals surface area contributed by atoms with Gasteiger partial charge in [-0.25, -0.2) is 8.42 Å². The molecule has 0 aromatic heterocycles. The molecule has 1 aromatic carbocycles. The van der Waals surface area contributed by atoms with Crippen molar-refractivity contribution >= 4 is 33.3 Å². The lowest BCUT2D eigenvalue weighted by Crippen LogP contribution is -2.28. The van der Waals surface area contributed by atoms with E-state index in [1.807, 2.05) is 0 Å². The monoisotopic (exact) mass is 358 g/mol. The molecule has 0 unspecified atom stereocenters. The number of carbonyl (C=O) groups excluding carboxylic acids is 2. The van der Waals surface area contributed by atoms with Gasteiger partial charge >= 0.3 is 0 Å². The molecule has 6 nitrogen and oxygen atoms in total. The minimum absolute atomic E-state index is 0.0184. The van der Waals surface area contributed by atoms with Crippen LogP contribution in [0.2, 0.25) is 5.02 Å². The van der Waals surface area contributed by atoms with Crippen molar-refractivity contribution in [3.63, 3.8) is 0 Å². The maximum Gasteiger partial charge on any atom is 0.244 e. The Hall–Kier alpha value is -1.44. The highest BCUT2D eigenvalue weighted by molar-refractivity contribution is 7.89. The molecular weight excluding hydrogens is 340 g/mol. The number of halogens is 1. The van der Waals surface area contributed by atoms with Crippen LogP contribution in [0.4, 0.5) is 0 Å². The lowest BCUT2D eigenvalue weighted by Gasteiger charge is -2.17. The summed E-state index contributed by atoms with van der Waals surface area (Å²) in [6.07, 6.45) is 1.72. The van der Waals surface area contributed by atoms with E-state index in [4.69, 9.17) is 11.6 Å². The zero-order chi connectivity index (χ0) is 17.0. The minimum atomic E-state index is -3.69. The summed E-state index contributed by atoms with van der Waals surface area (Å²) < 4.78 is 26.6. The van der Waals surface area contributed by atoms with Gasteiger partial charge in [0.1, 0.15) is 4.90 Å². The highest BCUT2D eigenvalue weighted by Crippen LogP contribution is 2.28. The third-order valence-electron chi connectivity index (χ3n) is 3.79. The van der Waals surface area contributed by atoms with E-state index in [2.05, 4.69) is 5.32 Å². The normalized spacial score (nSPS) is 15.6. The number of hydrogen-bond acceptors (Lipinski definition) is 4. The van der Waals surface area contributed by atoms with Crippen molar-refractivity contribution in [2.45, 2.75) is 30.6 Å². The van der Waals surface area contributed by atoms with E-state index in [0.29, 0.717) is 13.1 Å². The average molecular weight is 359 g/mol. The molecule has 2 rings (SSSR count). The number of ketones is 1. The zero-order valence-electron chi connectivity index (χ0n) is 12.8. The topological polar surface area (TPSA) is 83.5 Å². The van der Waals surface area contributed by atoms with Gasteiger partial charge in [-0.15, -0.1) is 0 Å². The highest BCUT2D eigenvalue weighted by atomic mass is 35.5. The Balaban J connectivity index is 2.25. The van der Waals surface area contributed by atoms with E-state index in [1.165, 1.54) is 29.6 Å². The smallest absolute Gasteiger partial charge is 0.244 e. The number of Topliss-reactive ketones (excluding diaryl/α,β-unsaturated/α-hetero) is 1. The van der Waals surface area contributed by atoms with Gasteiger partial charge in [-0.2, -0.15) is 4.31 Å². The first-order valence-corrected chi connectivity index (χ1v) is 9.21. The second-order valence-electron chi connectivity index (χ2n) is 5.35. The number of benzene rings is 1. The summed E-state index contributed by atoms with van der Waals surface area (Å²) >= 11 is 6.03. The quantitative estimate of drug-likeness (QED) is 0.786. The van der Waals surface area contributed by atoms with Crippen LogP contribution >= 0.6 is 11.6 Å². The lowest BCUT2D eigenvalue weighted by molar-refractivity contribution is -0.120. The Kier molecular flexibility index (Phi) is 5.78. The van der Waals surface area contributed by atoms with Crippen molar-refractivity contribution in [3.8, 4) is 0 Å². The number of amides is 1. The summed E-state index contributed by atoms with van der Waals surface area (Å²) in [6.45, 7) is 0.932. The van der Waals surface area contributed by atoms with Gasteiger partial charge in [0.05, 0.1) is 5.02 Å². The van der Waals surface area contributed by atoms with E-state index < -0.39 is 10.0 Å². The van der Waals surface area contributed by atoms with Crippen LogP contribution in [0, 0.1) is 0 Å². The molecule has 1 saturated heterocycles. The fraction of sp³-hybridized carbons (Fsp3) is 0.467. The van der Waals surface area contributed by atoms with Gasteiger partial charge in [0.2, 0.25) is 15.9 Å². The van der Waals surface area contributed by atoms with Crippen molar-refractivity contribution in [2.75, 3.05) is 20.1 Å². The van der Waals surface area contributed by atoms with Crippen molar-refractivity contribution < 1.29 is 18.0 Å². The SMILES string of the molecule is CNC(=O)CCC(=O)c1ccc(Cl)c(S(=O)(=O)N2CCCC2)c1. The van der Waals surface area contributed by atoms with Crippen LogP contribution in [-0.4, -0.2) is 44.6 Å². The molecule has 0 saturated carbocycles. The number of carbonyl (C=O) groups is 2. The minimum Gasteiger partial charge on any atom is -0.359 e. The molecule has 1 aromatic rings. The Morgan fingerprint density at radius 2 is 1.87 bits per heavy atom. The van der Waals surface area contributed by atoms with E-state index in [0.717, 1.165) is 12.8 Å². The third kappa shape index (κ3) is 4.10. The Labute approximate surface area is 140 Å². The van der Waals surface area contributed by atoms with E-state index in [1.54, 1.807) is 0 Å². The van der Waals surface area contributed by atoms with Crippen LogP contribution in [0.15, 0.2) is 23.1 Å². The summed E-state index contributed by atoms with van der Waals surface area (Å²) in [6, 6.07) is 4.21. The number of nitrogens with zero attached hydrogens (tertiary/aromatic N) is 1.